The molecule has 2 aliphatic rings. The third-order valence-electron chi connectivity index (χ3n) is 4.47. The van der Waals surface area contributed by atoms with Gasteiger partial charge in [-0.2, -0.15) is 0 Å². The Labute approximate surface area is 128 Å². The van der Waals surface area contributed by atoms with Crippen LogP contribution in [0.25, 0.3) is 0 Å². The van der Waals surface area contributed by atoms with Gasteiger partial charge in [-0.1, -0.05) is 18.2 Å². The second-order valence-corrected chi connectivity index (χ2v) is 5.82. The van der Waals surface area contributed by atoms with Crippen LogP contribution in [0.1, 0.15) is 12.8 Å². The fourth-order valence-electron chi connectivity index (χ4n) is 3.26. The number of rotatable bonds is 3. The number of nitrogens with one attached hydrogen (secondary N) is 1. The molecule has 1 aromatic carbocycles. The standard InChI is InChI=1S/C16H25N3.ClH/c1-2-4-16(5-3-1)19-12-10-18(11-13-19)14-15-6-8-17-9-7-15;/h1-5,15,17H,6-14H2;1H. The topological polar surface area (TPSA) is 18.5 Å². The van der Waals surface area contributed by atoms with Crippen molar-refractivity contribution in [2.24, 2.45) is 5.92 Å². The minimum atomic E-state index is 0. The summed E-state index contributed by atoms with van der Waals surface area (Å²) in [4.78, 5) is 5.17. The Morgan fingerprint density at radius 1 is 0.950 bits per heavy atom. The SMILES string of the molecule is Cl.c1ccc(N2CCN(CC3CCNCC3)CC2)cc1. The Hall–Kier alpha value is -0.770. The average Bonchev–Trinajstić information content (AvgIpc) is 2.50. The van der Waals surface area contributed by atoms with E-state index in [4.69, 9.17) is 0 Å². The number of piperidine rings is 1. The van der Waals surface area contributed by atoms with Gasteiger partial charge in [0.2, 0.25) is 0 Å². The minimum Gasteiger partial charge on any atom is -0.369 e. The van der Waals surface area contributed by atoms with Gasteiger partial charge >= 0.3 is 0 Å². The fraction of sp³-hybridized carbons (Fsp3) is 0.625. The molecule has 2 saturated heterocycles. The Morgan fingerprint density at radius 3 is 2.25 bits per heavy atom. The maximum absolute atomic E-state index is 3.45. The van der Waals surface area contributed by atoms with Crippen LogP contribution in [0.5, 0.6) is 0 Å². The third kappa shape index (κ3) is 4.11. The van der Waals surface area contributed by atoms with Crippen LogP contribution in [-0.4, -0.2) is 50.7 Å². The van der Waals surface area contributed by atoms with Crippen molar-refractivity contribution in [3.63, 3.8) is 0 Å². The first-order valence-electron chi connectivity index (χ1n) is 7.65. The molecule has 0 aromatic heterocycles. The average molecular weight is 296 g/mol. The summed E-state index contributed by atoms with van der Waals surface area (Å²) in [6.07, 6.45) is 2.72. The lowest BCUT2D eigenvalue weighted by Gasteiger charge is -2.38. The van der Waals surface area contributed by atoms with Crippen molar-refractivity contribution >= 4 is 18.1 Å². The number of para-hydroxylation sites is 1. The Kier molecular flexibility index (Phi) is 6.14. The van der Waals surface area contributed by atoms with Gasteiger partial charge in [0.25, 0.3) is 0 Å². The van der Waals surface area contributed by atoms with E-state index >= 15 is 0 Å². The van der Waals surface area contributed by atoms with Crippen molar-refractivity contribution in [2.45, 2.75) is 12.8 Å². The zero-order chi connectivity index (χ0) is 12.9. The first-order valence-corrected chi connectivity index (χ1v) is 7.65. The zero-order valence-electron chi connectivity index (χ0n) is 12.1. The summed E-state index contributed by atoms with van der Waals surface area (Å²) >= 11 is 0. The number of nitrogens with zero attached hydrogens (tertiary/aromatic N) is 2. The molecule has 0 spiro atoms. The molecule has 3 rings (SSSR count). The van der Waals surface area contributed by atoms with Crippen molar-refractivity contribution in [2.75, 3.05) is 50.7 Å². The van der Waals surface area contributed by atoms with Crippen LogP contribution < -0.4 is 10.2 Å². The quantitative estimate of drug-likeness (QED) is 0.922. The van der Waals surface area contributed by atoms with Gasteiger partial charge in [0.1, 0.15) is 0 Å². The molecule has 3 nitrogen and oxygen atoms in total. The summed E-state index contributed by atoms with van der Waals surface area (Å²) in [5.41, 5.74) is 1.38. The number of piperazine rings is 1. The fourth-order valence-corrected chi connectivity index (χ4v) is 3.26. The molecule has 2 heterocycles. The molecule has 1 aromatic rings. The summed E-state index contributed by atoms with van der Waals surface area (Å²) < 4.78 is 0. The molecule has 0 radical (unpaired) electrons. The van der Waals surface area contributed by atoms with Crippen LogP contribution in [0.4, 0.5) is 5.69 Å². The summed E-state index contributed by atoms with van der Waals surface area (Å²) in [5.74, 6) is 0.921. The predicted octanol–water partition coefficient (Wildman–Crippen LogP) is 2.23. The summed E-state index contributed by atoms with van der Waals surface area (Å²) in [7, 11) is 0. The predicted molar refractivity (Wildman–Crippen MR) is 87.9 cm³/mol. The van der Waals surface area contributed by atoms with E-state index < -0.39 is 0 Å². The number of benzene rings is 1. The van der Waals surface area contributed by atoms with Crippen LogP contribution in [0.3, 0.4) is 0 Å². The van der Waals surface area contributed by atoms with E-state index in [1.165, 1.54) is 64.3 Å². The molecule has 0 amide bonds. The van der Waals surface area contributed by atoms with Crippen molar-refractivity contribution in [1.82, 2.24) is 10.2 Å². The highest BCUT2D eigenvalue weighted by molar-refractivity contribution is 5.85. The van der Waals surface area contributed by atoms with E-state index in [1.807, 2.05) is 0 Å². The van der Waals surface area contributed by atoms with E-state index in [-0.39, 0.29) is 12.4 Å². The molecule has 0 atom stereocenters. The van der Waals surface area contributed by atoms with E-state index in [0.717, 1.165) is 5.92 Å². The Morgan fingerprint density at radius 2 is 1.60 bits per heavy atom. The summed E-state index contributed by atoms with van der Waals surface area (Å²) in [6, 6.07) is 10.8. The van der Waals surface area contributed by atoms with Gasteiger partial charge in [0.15, 0.2) is 0 Å². The van der Waals surface area contributed by atoms with Crippen LogP contribution in [-0.2, 0) is 0 Å². The Balaban J connectivity index is 0.00000147. The lowest BCUT2D eigenvalue weighted by Crippen LogP contribution is -2.48. The molecule has 20 heavy (non-hydrogen) atoms. The van der Waals surface area contributed by atoms with Gasteiger partial charge < -0.3 is 10.2 Å². The molecule has 2 aliphatic heterocycles. The van der Waals surface area contributed by atoms with Gasteiger partial charge in [-0.3, -0.25) is 4.90 Å². The minimum absolute atomic E-state index is 0. The van der Waals surface area contributed by atoms with E-state index in [2.05, 4.69) is 45.4 Å². The van der Waals surface area contributed by atoms with Crippen molar-refractivity contribution in [3.8, 4) is 0 Å². The van der Waals surface area contributed by atoms with Crippen LogP contribution in [0.2, 0.25) is 0 Å². The van der Waals surface area contributed by atoms with Gasteiger partial charge in [-0.05, 0) is 44.0 Å². The molecular weight excluding hydrogens is 270 g/mol. The lowest BCUT2D eigenvalue weighted by atomic mass is 9.97. The number of hydrogen-bond acceptors (Lipinski definition) is 3. The molecule has 0 saturated carbocycles. The Bertz CT molecular complexity index is 371. The molecule has 1 N–H and O–H groups in total. The van der Waals surface area contributed by atoms with Gasteiger partial charge in [-0.25, -0.2) is 0 Å². The highest BCUT2D eigenvalue weighted by atomic mass is 35.5. The van der Waals surface area contributed by atoms with Crippen molar-refractivity contribution in [3.05, 3.63) is 30.3 Å². The maximum atomic E-state index is 3.45. The monoisotopic (exact) mass is 295 g/mol. The number of halogens is 1. The molecule has 2 fully saturated rings. The van der Waals surface area contributed by atoms with Crippen LogP contribution in [0, 0.1) is 5.92 Å². The van der Waals surface area contributed by atoms with Crippen molar-refractivity contribution < 1.29 is 0 Å². The number of hydrogen-bond donors (Lipinski definition) is 1. The molecular formula is C16H26ClN3. The second-order valence-electron chi connectivity index (χ2n) is 5.82. The summed E-state index contributed by atoms with van der Waals surface area (Å²) in [6.45, 7) is 8.54. The third-order valence-corrected chi connectivity index (χ3v) is 4.47. The molecule has 0 bridgehead atoms. The van der Waals surface area contributed by atoms with Crippen LogP contribution >= 0.6 is 12.4 Å². The smallest absolute Gasteiger partial charge is 0.0367 e. The van der Waals surface area contributed by atoms with E-state index in [9.17, 15) is 0 Å². The highest BCUT2D eigenvalue weighted by Crippen LogP contribution is 2.18. The first-order chi connectivity index (χ1) is 9.42. The molecule has 0 unspecified atom stereocenters. The first kappa shape index (κ1) is 15.6. The highest BCUT2D eigenvalue weighted by Gasteiger charge is 2.21. The largest absolute Gasteiger partial charge is 0.369 e. The van der Waals surface area contributed by atoms with Gasteiger partial charge in [-0.15, -0.1) is 12.4 Å². The summed E-state index contributed by atoms with van der Waals surface area (Å²) in [5, 5.41) is 3.45. The molecule has 112 valence electrons. The zero-order valence-corrected chi connectivity index (χ0v) is 12.9. The maximum Gasteiger partial charge on any atom is 0.0367 e. The van der Waals surface area contributed by atoms with E-state index in [0.29, 0.717) is 0 Å². The molecule has 0 aliphatic carbocycles. The molecule has 4 heteroatoms. The second kappa shape index (κ2) is 7.87. The number of anilines is 1. The van der Waals surface area contributed by atoms with Gasteiger partial charge in [0.05, 0.1) is 0 Å². The van der Waals surface area contributed by atoms with Gasteiger partial charge in [0, 0.05) is 38.4 Å². The normalized spacial score (nSPS) is 21.5. The van der Waals surface area contributed by atoms with Crippen LogP contribution in [0.15, 0.2) is 30.3 Å². The van der Waals surface area contributed by atoms with E-state index in [1.54, 1.807) is 0 Å². The van der Waals surface area contributed by atoms with Crippen molar-refractivity contribution in [1.29, 1.82) is 0 Å². The lowest BCUT2D eigenvalue weighted by molar-refractivity contribution is 0.196.